The van der Waals surface area contributed by atoms with Crippen molar-refractivity contribution in [3.05, 3.63) is 70.3 Å². The van der Waals surface area contributed by atoms with Crippen molar-refractivity contribution in [3.8, 4) is 5.69 Å². The van der Waals surface area contributed by atoms with E-state index in [1.54, 1.807) is 4.57 Å². The van der Waals surface area contributed by atoms with Crippen molar-refractivity contribution in [1.82, 2.24) is 9.55 Å². The van der Waals surface area contributed by atoms with E-state index in [0.717, 1.165) is 16.8 Å². The highest BCUT2D eigenvalue weighted by Gasteiger charge is 2.09. The predicted molar refractivity (Wildman–Crippen MR) is 76.8 cm³/mol. The average molecular weight is 250 g/mol. The van der Waals surface area contributed by atoms with Crippen LogP contribution in [0.2, 0.25) is 0 Å². The van der Waals surface area contributed by atoms with Crippen LogP contribution in [0.4, 0.5) is 0 Å². The Kier molecular flexibility index (Phi) is 2.67. The molecule has 0 unspecified atom stereocenters. The Hall–Kier alpha value is -2.42. The van der Waals surface area contributed by atoms with E-state index in [9.17, 15) is 4.79 Å². The molecule has 0 bridgehead atoms. The summed E-state index contributed by atoms with van der Waals surface area (Å²) in [5, 5.41) is 0.648. The molecule has 0 spiro atoms. The van der Waals surface area contributed by atoms with E-state index in [4.69, 9.17) is 0 Å². The standard InChI is InChI=1S/C16H14N2O/c1-11-6-5-7-13(10-11)18-12(2)17-15-9-4-3-8-14(15)16(18)19/h3-10H,1-2H3. The Bertz CT molecular complexity index is 818. The predicted octanol–water partition coefficient (Wildman–Crippen LogP) is 3.00. The Balaban J connectivity index is 2.39. The summed E-state index contributed by atoms with van der Waals surface area (Å²) in [6.07, 6.45) is 0. The summed E-state index contributed by atoms with van der Waals surface area (Å²) in [6, 6.07) is 15.3. The van der Waals surface area contributed by atoms with Gasteiger partial charge in [0.15, 0.2) is 0 Å². The lowest BCUT2D eigenvalue weighted by atomic mass is 10.2. The molecular formula is C16H14N2O. The van der Waals surface area contributed by atoms with Gasteiger partial charge in [0.1, 0.15) is 5.82 Å². The molecule has 19 heavy (non-hydrogen) atoms. The fraction of sp³-hybridized carbons (Fsp3) is 0.125. The van der Waals surface area contributed by atoms with E-state index >= 15 is 0 Å². The number of fused-ring (bicyclic) bond motifs is 1. The second-order valence-corrected chi connectivity index (χ2v) is 4.66. The average Bonchev–Trinajstić information content (AvgIpc) is 2.39. The van der Waals surface area contributed by atoms with Crippen LogP contribution in [-0.4, -0.2) is 9.55 Å². The minimum absolute atomic E-state index is 0.0197. The molecule has 0 radical (unpaired) electrons. The van der Waals surface area contributed by atoms with Gasteiger partial charge in [-0.15, -0.1) is 0 Å². The van der Waals surface area contributed by atoms with Crippen LogP contribution >= 0.6 is 0 Å². The van der Waals surface area contributed by atoms with Crippen molar-refractivity contribution in [3.63, 3.8) is 0 Å². The molecule has 0 saturated heterocycles. The summed E-state index contributed by atoms with van der Waals surface area (Å²) >= 11 is 0. The largest absolute Gasteiger partial charge is 0.268 e. The summed E-state index contributed by atoms with van der Waals surface area (Å²) in [6.45, 7) is 3.87. The molecule has 0 amide bonds. The maximum atomic E-state index is 12.6. The summed E-state index contributed by atoms with van der Waals surface area (Å²) < 4.78 is 1.66. The van der Waals surface area contributed by atoms with Crippen molar-refractivity contribution in [2.75, 3.05) is 0 Å². The summed E-state index contributed by atoms with van der Waals surface area (Å²) in [5.74, 6) is 0.703. The van der Waals surface area contributed by atoms with Crippen LogP contribution < -0.4 is 5.56 Å². The minimum atomic E-state index is -0.0197. The first-order valence-corrected chi connectivity index (χ1v) is 6.22. The van der Waals surface area contributed by atoms with E-state index in [-0.39, 0.29) is 5.56 Å². The normalized spacial score (nSPS) is 10.8. The fourth-order valence-electron chi connectivity index (χ4n) is 2.31. The van der Waals surface area contributed by atoms with Crippen molar-refractivity contribution < 1.29 is 0 Å². The zero-order valence-electron chi connectivity index (χ0n) is 10.9. The molecule has 0 atom stereocenters. The van der Waals surface area contributed by atoms with Crippen LogP contribution in [0.25, 0.3) is 16.6 Å². The molecule has 3 nitrogen and oxygen atoms in total. The fourth-order valence-corrected chi connectivity index (χ4v) is 2.31. The van der Waals surface area contributed by atoms with Crippen LogP contribution in [0.1, 0.15) is 11.4 Å². The molecule has 0 N–H and O–H groups in total. The first kappa shape index (κ1) is 11.7. The lowest BCUT2D eigenvalue weighted by Gasteiger charge is -2.11. The maximum absolute atomic E-state index is 12.6. The zero-order chi connectivity index (χ0) is 13.4. The SMILES string of the molecule is Cc1cccc(-n2c(C)nc3ccccc3c2=O)c1. The number of hydrogen-bond acceptors (Lipinski definition) is 2. The highest BCUT2D eigenvalue weighted by atomic mass is 16.1. The second kappa shape index (κ2) is 4.35. The Morgan fingerprint density at radius 1 is 1.00 bits per heavy atom. The Morgan fingerprint density at radius 3 is 2.58 bits per heavy atom. The number of aromatic nitrogens is 2. The third kappa shape index (κ3) is 1.93. The van der Waals surface area contributed by atoms with Crippen molar-refractivity contribution >= 4 is 10.9 Å². The van der Waals surface area contributed by atoms with Gasteiger partial charge < -0.3 is 0 Å². The topological polar surface area (TPSA) is 34.9 Å². The highest BCUT2D eigenvalue weighted by molar-refractivity contribution is 5.77. The molecule has 3 heteroatoms. The van der Waals surface area contributed by atoms with E-state index in [1.165, 1.54) is 0 Å². The molecule has 1 aromatic heterocycles. The number of aryl methyl sites for hydroxylation is 2. The van der Waals surface area contributed by atoms with E-state index in [2.05, 4.69) is 4.98 Å². The molecule has 3 rings (SSSR count). The van der Waals surface area contributed by atoms with E-state index < -0.39 is 0 Å². The smallest absolute Gasteiger partial charge is 0.265 e. The molecule has 3 aromatic rings. The second-order valence-electron chi connectivity index (χ2n) is 4.66. The highest BCUT2D eigenvalue weighted by Crippen LogP contribution is 2.13. The number of nitrogens with zero attached hydrogens (tertiary/aromatic N) is 2. The lowest BCUT2D eigenvalue weighted by Crippen LogP contribution is -2.22. The number of rotatable bonds is 1. The van der Waals surface area contributed by atoms with Crippen LogP contribution in [0.3, 0.4) is 0 Å². The summed E-state index contributed by atoms with van der Waals surface area (Å²) in [5.41, 5.74) is 2.71. The van der Waals surface area contributed by atoms with E-state index in [0.29, 0.717) is 11.2 Å². The molecule has 0 saturated carbocycles. The van der Waals surface area contributed by atoms with Crippen LogP contribution in [0.15, 0.2) is 53.3 Å². The Morgan fingerprint density at radius 2 is 1.79 bits per heavy atom. The van der Waals surface area contributed by atoms with Gasteiger partial charge in [0, 0.05) is 0 Å². The first-order valence-electron chi connectivity index (χ1n) is 6.22. The van der Waals surface area contributed by atoms with Crippen LogP contribution in [0, 0.1) is 13.8 Å². The van der Waals surface area contributed by atoms with Crippen molar-refractivity contribution in [2.24, 2.45) is 0 Å². The molecule has 0 aliphatic carbocycles. The van der Waals surface area contributed by atoms with Gasteiger partial charge >= 0.3 is 0 Å². The van der Waals surface area contributed by atoms with Crippen LogP contribution in [-0.2, 0) is 0 Å². The molecular weight excluding hydrogens is 236 g/mol. The summed E-state index contributed by atoms with van der Waals surface area (Å²) in [4.78, 5) is 17.1. The molecule has 0 fully saturated rings. The third-order valence-electron chi connectivity index (χ3n) is 3.20. The van der Waals surface area contributed by atoms with E-state index in [1.807, 2.05) is 62.4 Å². The number of benzene rings is 2. The Labute approximate surface area is 111 Å². The van der Waals surface area contributed by atoms with Gasteiger partial charge in [0.2, 0.25) is 0 Å². The zero-order valence-corrected chi connectivity index (χ0v) is 10.9. The van der Waals surface area contributed by atoms with Crippen molar-refractivity contribution in [1.29, 1.82) is 0 Å². The van der Waals surface area contributed by atoms with Crippen LogP contribution in [0.5, 0.6) is 0 Å². The number of hydrogen-bond donors (Lipinski definition) is 0. The van der Waals surface area contributed by atoms with Crippen molar-refractivity contribution in [2.45, 2.75) is 13.8 Å². The molecule has 2 aromatic carbocycles. The molecule has 0 aliphatic rings. The monoisotopic (exact) mass is 250 g/mol. The lowest BCUT2D eigenvalue weighted by molar-refractivity contribution is 0.893. The summed E-state index contributed by atoms with van der Waals surface area (Å²) in [7, 11) is 0. The van der Waals surface area contributed by atoms with Gasteiger partial charge in [-0.05, 0) is 43.7 Å². The van der Waals surface area contributed by atoms with Gasteiger partial charge in [-0.1, -0.05) is 24.3 Å². The molecule has 94 valence electrons. The quantitative estimate of drug-likeness (QED) is 0.665. The first-order chi connectivity index (χ1) is 9.16. The maximum Gasteiger partial charge on any atom is 0.265 e. The minimum Gasteiger partial charge on any atom is -0.268 e. The van der Waals surface area contributed by atoms with Gasteiger partial charge in [-0.2, -0.15) is 0 Å². The van der Waals surface area contributed by atoms with Gasteiger partial charge in [0.25, 0.3) is 5.56 Å². The van der Waals surface area contributed by atoms with Gasteiger partial charge in [-0.25, -0.2) is 4.98 Å². The van der Waals surface area contributed by atoms with Gasteiger partial charge in [0.05, 0.1) is 16.6 Å². The van der Waals surface area contributed by atoms with Gasteiger partial charge in [-0.3, -0.25) is 9.36 Å². The molecule has 0 aliphatic heterocycles. The third-order valence-corrected chi connectivity index (χ3v) is 3.20. The number of para-hydroxylation sites is 1. The molecule has 1 heterocycles.